The van der Waals surface area contributed by atoms with E-state index in [1.807, 2.05) is 18.2 Å². The third-order valence-corrected chi connectivity index (χ3v) is 4.79. The largest absolute Gasteiger partial charge is 0.441 e. The van der Waals surface area contributed by atoms with Crippen LogP contribution < -0.4 is 5.73 Å². The molecule has 0 aliphatic heterocycles. The van der Waals surface area contributed by atoms with Crippen LogP contribution >= 0.6 is 11.6 Å². The van der Waals surface area contributed by atoms with Gasteiger partial charge in [-0.1, -0.05) is 35.9 Å². The van der Waals surface area contributed by atoms with Crippen molar-refractivity contribution in [1.29, 1.82) is 0 Å². The van der Waals surface area contributed by atoms with E-state index in [1.165, 1.54) is 30.1 Å². The maximum Gasteiger partial charge on any atom is 0.244 e. The van der Waals surface area contributed by atoms with E-state index in [2.05, 4.69) is 4.98 Å². The number of nitrogens with two attached hydrogens (primary N) is 1. The molecule has 2 N–H and O–H groups in total. The SMILES string of the molecule is CN(C(=O)CCc1ncc(-c2ccccc2Cl)o1)C(C(N)=O)c1cccc(F)c1. The van der Waals surface area contributed by atoms with Gasteiger partial charge < -0.3 is 15.1 Å². The number of aryl methyl sites for hydroxylation is 1. The summed E-state index contributed by atoms with van der Waals surface area (Å²) >= 11 is 6.15. The number of hydrogen-bond donors (Lipinski definition) is 1. The molecule has 3 aromatic rings. The van der Waals surface area contributed by atoms with Crippen molar-refractivity contribution < 1.29 is 18.4 Å². The average Bonchev–Trinajstić information content (AvgIpc) is 3.15. The van der Waals surface area contributed by atoms with E-state index >= 15 is 0 Å². The van der Waals surface area contributed by atoms with E-state index in [1.54, 1.807) is 18.3 Å². The van der Waals surface area contributed by atoms with Crippen molar-refractivity contribution in [1.82, 2.24) is 9.88 Å². The molecule has 1 atom stereocenters. The second-order valence-corrected chi connectivity index (χ2v) is 6.87. The minimum absolute atomic E-state index is 0.0398. The van der Waals surface area contributed by atoms with Crippen LogP contribution in [0.1, 0.15) is 23.9 Å². The smallest absolute Gasteiger partial charge is 0.244 e. The Hall–Kier alpha value is -3.19. The Kier molecular flexibility index (Phi) is 6.29. The molecular weight excluding hydrogens is 397 g/mol. The third-order valence-electron chi connectivity index (χ3n) is 4.46. The van der Waals surface area contributed by atoms with Gasteiger partial charge in [-0.15, -0.1) is 0 Å². The molecule has 0 fully saturated rings. The molecule has 3 rings (SSSR count). The predicted molar refractivity (Wildman–Crippen MR) is 106 cm³/mol. The summed E-state index contributed by atoms with van der Waals surface area (Å²) in [5.74, 6) is -0.746. The highest BCUT2D eigenvalue weighted by Crippen LogP contribution is 2.28. The summed E-state index contributed by atoms with van der Waals surface area (Å²) in [5, 5.41) is 0.533. The van der Waals surface area contributed by atoms with E-state index in [9.17, 15) is 14.0 Å². The Morgan fingerprint density at radius 1 is 1.24 bits per heavy atom. The van der Waals surface area contributed by atoms with Gasteiger partial charge in [-0.05, 0) is 29.8 Å². The maximum atomic E-state index is 13.5. The molecule has 8 heteroatoms. The third kappa shape index (κ3) is 4.81. The lowest BCUT2D eigenvalue weighted by Gasteiger charge is -2.26. The summed E-state index contributed by atoms with van der Waals surface area (Å²) in [5.41, 5.74) is 6.46. The first-order valence-corrected chi connectivity index (χ1v) is 9.24. The van der Waals surface area contributed by atoms with Gasteiger partial charge in [0.25, 0.3) is 0 Å². The number of nitrogens with zero attached hydrogens (tertiary/aromatic N) is 2. The molecule has 1 heterocycles. The number of oxazole rings is 1. The van der Waals surface area contributed by atoms with E-state index < -0.39 is 17.8 Å². The second-order valence-electron chi connectivity index (χ2n) is 6.46. The highest BCUT2D eigenvalue weighted by Gasteiger charge is 2.27. The Morgan fingerprint density at radius 2 is 2.00 bits per heavy atom. The quantitative estimate of drug-likeness (QED) is 0.636. The number of halogens is 2. The van der Waals surface area contributed by atoms with E-state index in [0.29, 0.717) is 27.8 Å². The van der Waals surface area contributed by atoms with Crippen molar-refractivity contribution in [2.45, 2.75) is 18.9 Å². The summed E-state index contributed by atoms with van der Waals surface area (Å²) in [4.78, 5) is 29.9. The standard InChI is InChI=1S/C21H19ClFN3O3/c1-26(20(21(24)28)13-5-4-6-14(23)11-13)19(27)10-9-18-25-12-17(29-18)15-7-2-3-8-16(15)22/h2-8,11-12,20H,9-10H2,1H3,(H2,24,28). The molecule has 6 nitrogen and oxygen atoms in total. The highest BCUT2D eigenvalue weighted by molar-refractivity contribution is 6.33. The van der Waals surface area contributed by atoms with Gasteiger partial charge in [-0.3, -0.25) is 9.59 Å². The predicted octanol–water partition coefficient (Wildman–Crippen LogP) is 3.75. The van der Waals surface area contributed by atoms with Crippen LogP contribution in [0.25, 0.3) is 11.3 Å². The molecule has 0 saturated heterocycles. The number of likely N-dealkylation sites (N-methyl/N-ethyl adjacent to an activating group) is 1. The van der Waals surface area contributed by atoms with Gasteiger partial charge in [-0.2, -0.15) is 0 Å². The zero-order valence-electron chi connectivity index (χ0n) is 15.6. The first-order chi connectivity index (χ1) is 13.9. The number of amides is 2. The summed E-state index contributed by atoms with van der Waals surface area (Å²) in [7, 11) is 1.45. The summed E-state index contributed by atoms with van der Waals surface area (Å²) in [6.07, 6.45) is 1.81. The van der Waals surface area contributed by atoms with Crippen molar-refractivity contribution >= 4 is 23.4 Å². The lowest BCUT2D eigenvalue weighted by molar-refractivity contribution is -0.138. The van der Waals surface area contributed by atoms with Gasteiger partial charge in [-0.25, -0.2) is 9.37 Å². The Bertz CT molecular complexity index is 1040. The number of primary amides is 1. The van der Waals surface area contributed by atoms with Crippen LogP contribution in [0.2, 0.25) is 5.02 Å². The van der Waals surface area contributed by atoms with Gasteiger partial charge in [0.15, 0.2) is 11.7 Å². The topological polar surface area (TPSA) is 89.4 Å². The molecule has 1 aromatic heterocycles. The maximum absolute atomic E-state index is 13.5. The number of aromatic nitrogens is 1. The lowest BCUT2D eigenvalue weighted by atomic mass is 10.0. The summed E-state index contributed by atoms with van der Waals surface area (Å²) < 4.78 is 19.2. The molecule has 1 unspecified atom stereocenters. The molecule has 29 heavy (non-hydrogen) atoms. The number of benzene rings is 2. The van der Waals surface area contributed by atoms with E-state index in [-0.39, 0.29) is 18.7 Å². The zero-order chi connectivity index (χ0) is 21.0. The number of hydrogen-bond acceptors (Lipinski definition) is 4. The first kappa shape index (κ1) is 20.5. The Labute approximate surface area is 172 Å². The number of carbonyl (C=O) groups is 2. The number of carbonyl (C=O) groups excluding carboxylic acids is 2. The molecule has 150 valence electrons. The molecule has 0 aliphatic carbocycles. The van der Waals surface area contributed by atoms with Crippen molar-refractivity contribution in [2.75, 3.05) is 7.05 Å². The van der Waals surface area contributed by atoms with Crippen LogP contribution in [0.15, 0.2) is 59.1 Å². The normalized spacial score (nSPS) is 11.8. The van der Waals surface area contributed by atoms with Crippen molar-refractivity contribution in [3.63, 3.8) is 0 Å². The fraction of sp³-hybridized carbons (Fsp3) is 0.190. The van der Waals surface area contributed by atoms with Crippen molar-refractivity contribution in [2.24, 2.45) is 5.73 Å². The number of rotatable bonds is 7. The molecule has 0 radical (unpaired) electrons. The van der Waals surface area contributed by atoms with Crippen LogP contribution in [0.3, 0.4) is 0 Å². The molecule has 0 saturated carbocycles. The molecular formula is C21H19ClFN3O3. The van der Waals surface area contributed by atoms with Gasteiger partial charge >= 0.3 is 0 Å². The lowest BCUT2D eigenvalue weighted by Crippen LogP contribution is -2.39. The van der Waals surface area contributed by atoms with E-state index in [4.69, 9.17) is 21.8 Å². The highest BCUT2D eigenvalue weighted by atomic mass is 35.5. The van der Waals surface area contributed by atoms with Gasteiger partial charge in [0.05, 0.1) is 11.2 Å². The molecule has 2 amide bonds. The van der Waals surface area contributed by atoms with Crippen molar-refractivity contribution in [3.8, 4) is 11.3 Å². The molecule has 0 bridgehead atoms. The van der Waals surface area contributed by atoms with Gasteiger partial charge in [0.1, 0.15) is 11.9 Å². The minimum atomic E-state index is -1.07. The summed E-state index contributed by atoms with van der Waals surface area (Å²) in [6.45, 7) is 0. The second kappa shape index (κ2) is 8.87. The average molecular weight is 416 g/mol. The van der Waals surface area contributed by atoms with Crippen LogP contribution in [0.5, 0.6) is 0 Å². The fourth-order valence-corrected chi connectivity index (χ4v) is 3.23. The zero-order valence-corrected chi connectivity index (χ0v) is 16.4. The van der Waals surface area contributed by atoms with Gasteiger partial charge in [0, 0.05) is 25.5 Å². The monoisotopic (exact) mass is 415 g/mol. The molecule has 0 spiro atoms. The Morgan fingerprint density at radius 3 is 2.69 bits per heavy atom. The van der Waals surface area contributed by atoms with Crippen LogP contribution in [-0.4, -0.2) is 28.7 Å². The minimum Gasteiger partial charge on any atom is -0.441 e. The fourth-order valence-electron chi connectivity index (χ4n) is 3.00. The van der Waals surface area contributed by atoms with E-state index in [0.717, 1.165) is 0 Å². The molecule has 0 aliphatic rings. The van der Waals surface area contributed by atoms with Crippen molar-refractivity contribution in [3.05, 3.63) is 77.0 Å². The summed E-state index contributed by atoms with van der Waals surface area (Å²) in [6, 6.07) is 11.6. The first-order valence-electron chi connectivity index (χ1n) is 8.87. The van der Waals surface area contributed by atoms with Crippen LogP contribution in [0, 0.1) is 5.82 Å². The molecule has 2 aromatic carbocycles. The van der Waals surface area contributed by atoms with Crippen LogP contribution in [-0.2, 0) is 16.0 Å². The van der Waals surface area contributed by atoms with Crippen LogP contribution in [0.4, 0.5) is 4.39 Å². The van der Waals surface area contributed by atoms with Gasteiger partial charge in [0.2, 0.25) is 11.8 Å². The Balaban J connectivity index is 1.68.